The molecule has 4 heterocycles. The fourth-order valence-corrected chi connectivity index (χ4v) is 3.54. The van der Waals surface area contributed by atoms with E-state index in [2.05, 4.69) is 9.97 Å². The Labute approximate surface area is 196 Å². The summed E-state index contributed by atoms with van der Waals surface area (Å²) < 4.78 is 39.5. The number of nitrogen functional groups attached to an aromatic ring is 2. The topological polar surface area (TPSA) is 221 Å². The molecule has 2 aromatic heterocycles. The van der Waals surface area contributed by atoms with Gasteiger partial charge in [0.2, 0.25) is 0 Å². The third kappa shape index (κ3) is 5.31. The Bertz CT molecular complexity index is 1150. The number of aliphatic hydroxyl groups is 4. The van der Waals surface area contributed by atoms with Crippen molar-refractivity contribution in [1.29, 1.82) is 0 Å². The molecule has 0 bridgehead atoms. The fourth-order valence-electron chi connectivity index (χ4n) is 3.54. The molecule has 4 rings (SSSR count). The number of aryl methyl sites for hydroxylation is 1. The van der Waals surface area contributed by atoms with Gasteiger partial charge >= 0.3 is 11.4 Å². The molecule has 194 valence electrons. The molecule has 16 heteroatoms. The summed E-state index contributed by atoms with van der Waals surface area (Å²) in [5.41, 5.74) is 9.70. The second-order valence-electron chi connectivity index (χ2n) is 7.91. The number of alkyl halides is 2. The Hall–Kier alpha value is -3.02. The predicted molar refractivity (Wildman–Crippen MR) is 114 cm³/mol. The van der Waals surface area contributed by atoms with Crippen molar-refractivity contribution in [2.45, 2.75) is 56.1 Å². The molecule has 8 unspecified atom stereocenters. The zero-order valence-electron chi connectivity index (χ0n) is 18.4. The first-order chi connectivity index (χ1) is 16.5. The molecule has 0 aliphatic carbocycles. The minimum Gasteiger partial charge on any atom is -0.394 e. The second kappa shape index (κ2) is 10.7. The third-order valence-electron chi connectivity index (χ3n) is 5.52. The fraction of sp³-hybridized carbons (Fsp3) is 0.579. The van der Waals surface area contributed by atoms with Crippen LogP contribution in [0.2, 0.25) is 0 Å². The number of nitrogens with two attached hydrogens (primary N) is 2. The molecule has 8 atom stereocenters. The summed E-state index contributed by atoms with van der Waals surface area (Å²) in [6, 6.07) is 1.32. The van der Waals surface area contributed by atoms with Gasteiger partial charge in [-0.2, -0.15) is 9.97 Å². The lowest BCUT2D eigenvalue weighted by Crippen LogP contribution is -2.34. The van der Waals surface area contributed by atoms with Crippen molar-refractivity contribution in [3.63, 3.8) is 0 Å². The van der Waals surface area contributed by atoms with Crippen LogP contribution in [0.4, 0.5) is 20.4 Å². The van der Waals surface area contributed by atoms with Crippen molar-refractivity contribution in [1.82, 2.24) is 19.1 Å². The van der Waals surface area contributed by atoms with E-state index in [9.17, 15) is 28.6 Å². The van der Waals surface area contributed by atoms with Crippen molar-refractivity contribution < 1.29 is 38.7 Å². The summed E-state index contributed by atoms with van der Waals surface area (Å²) in [7, 11) is 0. The van der Waals surface area contributed by atoms with Crippen LogP contribution >= 0.6 is 0 Å². The summed E-state index contributed by atoms with van der Waals surface area (Å²) >= 11 is 0. The second-order valence-corrected chi connectivity index (χ2v) is 7.91. The van der Waals surface area contributed by atoms with E-state index in [-0.39, 0.29) is 11.6 Å². The standard InChI is InChI=1S/C10H14FN3O4.C9H12FN3O4/c1-4-2-14(10(17)13-8(4)12)9-6(11)7(16)5(3-15)18-9;10-6-7(15)4(3-14)17-8(6)13-2-1-5(11)12-9(13)16/h2,5-7,9,15-16H,3H2,1H3,(H2,12,13,17);1-2,4,6-8,14-15H,3H2,(H2,11,12,16)/i11-1;10-1. The van der Waals surface area contributed by atoms with E-state index < -0.39 is 73.8 Å². The number of anilines is 2. The predicted octanol–water partition coefficient (Wildman–Crippen LogP) is -2.86. The SMILES string of the molecule is Cc1cn(C2OC(CO)C(O)C2[18F])c(=O)nc1N.Nc1ccn(C2OC(CO)C(O)C2[18F])c(=O)n1. The Morgan fingerprint density at radius 3 is 1.89 bits per heavy atom. The molecule has 2 fully saturated rings. The van der Waals surface area contributed by atoms with Crippen molar-refractivity contribution in [2.24, 2.45) is 0 Å². The first-order valence-electron chi connectivity index (χ1n) is 10.4. The van der Waals surface area contributed by atoms with E-state index in [0.717, 1.165) is 9.13 Å². The van der Waals surface area contributed by atoms with Gasteiger partial charge in [0.25, 0.3) is 0 Å². The molecule has 35 heavy (non-hydrogen) atoms. The van der Waals surface area contributed by atoms with Gasteiger partial charge in [0.1, 0.15) is 36.1 Å². The van der Waals surface area contributed by atoms with E-state index in [0.29, 0.717) is 5.56 Å². The Morgan fingerprint density at radius 1 is 0.943 bits per heavy atom. The highest BCUT2D eigenvalue weighted by Crippen LogP contribution is 2.31. The summed E-state index contributed by atoms with van der Waals surface area (Å²) in [5, 5.41) is 36.7. The lowest BCUT2D eigenvalue weighted by atomic mass is 10.1. The normalized spacial score (nSPS) is 32.3. The molecule has 14 nitrogen and oxygen atoms in total. The van der Waals surface area contributed by atoms with Gasteiger partial charge in [-0.15, -0.1) is 0 Å². The summed E-state index contributed by atoms with van der Waals surface area (Å²) in [6.07, 6.45) is -8.77. The molecule has 0 radical (unpaired) electrons. The maximum atomic E-state index is 13.8. The van der Waals surface area contributed by atoms with Gasteiger partial charge in [-0.05, 0) is 13.0 Å². The van der Waals surface area contributed by atoms with Gasteiger partial charge in [-0.25, -0.2) is 18.4 Å². The first-order valence-corrected chi connectivity index (χ1v) is 10.4. The lowest BCUT2D eigenvalue weighted by molar-refractivity contribution is -0.0491. The number of hydrogen-bond donors (Lipinski definition) is 6. The smallest absolute Gasteiger partial charge is 0.351 e. The minimum absolute atomic E-state index is 0.0129. The van der Waals surface area contributed by atoms with Crippen LogP contribution in [-0.2, 0) is 9.47 Å². The van der Waals surface area contributed by atoms with Gasteiger partial charge in [0.15, 0.2) is 24.8 Å². The highest BCUT2D eigenvalue weighted by atomic mass is 18.2. The number of halogens is 2. The van der Waals surface area contributed by atoms with E-state index >= 15 is 0 Å². The monoisotopic (exact) mass is 502 g/mol. The van der Waals surface area contributed by atoms with Gasteiger partial charge in [0.05, 0.1) is 13.2 Å². The zero-order valence-corrected chi connectivity index (χ0v) is 18.4. The molecule has 8 N–H and O–H groups in total. The number of ether oxygens (including phenoxy) is 2. The number of rotatable bonds is 4. The minimum atomic E-state index is -1.82. The molecule has 2 aliphatic rings. The Morgan fingerprint density at radius 2 is 1.43 bits per heavy atom. The third-order valence-corrected chi connectivity index (χ3v) is 5.52. The van der Waals surface area contributed by atoms with E-state index in [4.69, 9.17) is 31.2 Å². The number of aromatic nitrogens is 4. The van der Waals surface area contributed by atoms with Crippen molar-refractivity contribution in [3.8, 4) is 0 Å². The number of aliphatic hydroxyl groups excluding tert-OH is 4. The van der Waals surface area contributed by atoms with Crippen molar-refractivity contribution >= 4 is 11.6 Å². The molecule has 2 saturated heterocycles. The number of nitrogens with zero attached hydrogens (tertiary/aromatic N) is 4. The average Bonchev–Trinajstić information content (AvgIpc) is 3.26. The molecular formula is C19H26F2N6O8. The van der Waals surface area contributed by atoms with Crippen molar-refractivity contribution in [2.75, 3.05) is 24.7 Å². The van der Waals surface area contributed by atoms with Crippen molar-refractivity contribution in [3.05, 3.63) is 45.0 Å². The highest BCUT2D eigenvalue weighted by molar-refractivity contribution is 5.35. The first kappa shape index (κ1) is 26.6. The molecule has 0 aromatic carbocycles. The summed E-state index contributed by atoms with van der Waals surface area (Å²) in [5.74, 6) is 0.0721. The number of hydrogen-bond acceptors (Lipinski definition) is 12. The van der Waals surface area contributed by atoms with Crippen LogP contribution in [-0.4, -0.2) is 89.5 Å². The molecule has 2 aromatic rings. The maximum absolute atomic E-state index is 13.8. The Balaban J connectivity index is 0.000000196. The van der Waals surface area contributed by atoms with Crippen LogP contribution in [0.25, 0.3) is 0 Å². The van der Waals surface area contributed by atoms with E-state index in [1.54, 1.807) is 6.92 Å². The molecular weight excluding hydrogens is 476 g/mol. The zero-order chi connectivity index (χ0) is 26.0. The molecule has 0 spiro atoms. The largest absolute Gasteiger partial charge is 0.394 e. The van der Waals surface area contributed by atoms with Crippen LogP contribution in [0, 0.1) is 6.92 Å². The maximum Gasteiger partial charge on any atom is 0.351 e. The Kier molecular flexibility index (Phi) is 8.14. The van der Waals surface area contributed by atoms with Crippen LogP contribution in [0.15, 0.2) is 28.0 Å². The van der Waals surface area contributed by atoms with Crippen LogP contribution in [0.5, 0.6) is 0 Å². The van der Waals surface area contributed by atoms with Crippen LogP contribution < -0.4 is 22.8 Å². The van der Waals surface area contributed by atoms with E-state index in [1.165, 1.54) is 18.5 Å². The summed E-state index contributed by atoms with van der Waals surface area (Å²) in [6.45, 7) is 0.546. The highest BCUT2D eigenvalue weighted by Gasteiger charge is 2.46. The van der Waals surface area contributed by atoms with Gasteiger partial charge in [-0.1, -0.05) is 0 Å². The average molecular weight is 502 g/mol. The van der Waals surface area contributed by atoms with Gasteiger partial charge < -0.3 is 41.4 Å². The quantitative estimate of drug-likeness (QED) is 0.248. The van der Waals surface area contributed by atoms with Crippen LogP contribution in [0.1, 0.15) is 18.0 Å². The summed E-state index contributed by atoms with van der Waals surface area (Å²) in [4.78, 5) is 30.0. The van der Waals surface area contributed by atoms with Gasteiger partial charge in [0, 0.05) is 18.0 Å². The van der Waals surface area contributed by atoms with Gasteiger partial charge in [-0.3, -0.25) is 9.13 Å². The molecule has 0 amide bonds. The lowest BCUT2D eigenvalue weighted by Gasteiger charge is -2.16. The van der Waals surface area contributed by atoms with Crippen LogP contribution in [0.3, 0.4) is 0 Å². The van der Waals surface area contributed by atoms with E-state index in [1.807, 2.05) is 0 Å². The molecule has 0 saturated carbocycles. The molecule has 2 aliphatic heterocycles.